The van der Waals surface area contributed by atoms with Crippen LogP contribution in [0.3, 0.4) is 0 Å². The first-order chi connectivity index (χ1) is 8.76. The van der Waals surface area contributed by atoms with Gasteiger partial charge in [-0.15, -0.1) is 16.7 Å². The summed E-state index contributed by atoms with van der Waals surface area (Å²) in [6, 6.07) is 4.44. The highest BCUT2D eigenvalue weighted by Gasteiger charge is 2.32. The summed E-state index contributed by atoms with van der Waals surface area (Å²) in [4.78, 5) is 2.28. The third-order valence-electron chi connectivity index (χ3n) is 3.47. The van der Waals surface area contributed by atoms with Crippen molar-refractivity contribution in [1.29, 1.82) is 0 Å². The summed E-state index contributed by atoms with van der Waals surface area (Å²) in [6.07, 6.45) is 2.63. The van der Waals surface area contributed by atoms with Crippen molar-refractivity contribution in [2.24, 2.45) is 5.92 Å². The lowest BCUT2D eigenvalue weighted by molar-refractivity contribution is 0.202. The summed E-state index contributed by atoms with van der Waals surface area (Å²) >= 11 is 5.73. The van der Waals surface area contributed by atoms with E-state index in [2.05, 4.69) is 22.0 Å². The van der Waals surface area contributed by atoms with E-state index in [9.17, 15) is 0 Å². The molecule has 0 N–H and O–H groups in total. The highest BCUT2D eigenvalue weighted by Crippen LogP contribution is 2.36. The molecule has 1 aromatic rings. The van der Waals surface area contributed by atoms with Crippen molar-refractivity contribution in [3.05, 3.63) is 17.8 Å². The maximum atomic E-state index is 5.73. The van der Waals surface area contributed by atoms with Gasteiger partial charge < -0.3 is 9.64 Å². The Morgan fingerprint density at radius 1 is 1.44 bits per heavy atom. The number of ether oxygens (including phenoxy) is 1. The number of hydrogen-bond donors (Lipinski definition) is 0. The van der Waals surface area contributed by atoms with Gasteiger partial charge >= 0.3 is 0 Å². The van der Waals surface area contributed by atoms with Crippen molar-refractivity contribution in [1.82, 2.24) is 10.2 Å². The van der Waals surface area contributed by atoms with Crippen LogP contribution in [-0.4, -0.2) is 36.5 Å². The third kappa shape index (κ3) is 3.33. The minimum absolute atomic E-state index is 0.406. The Morgan fingerprint density at radius 2 is 2.22 bits per heavy atom. The molecule has 1 heterocycles. The molecule has 1 aliphatic carbocycles. The average Bonchev–Trinajstić information content (AvgIpc) is 3.24. The van der Waals surface area contributed by atoms with Crippen LogP contribution >= 0.6 is 11.6 Å². The molecule has 0 spiro atoms. The van der Waals surface area contributed by atoms with Gasteiger partial charge in [-0.3, -0.25) is 0 Å². The molecule has 1 aromatic heterocycles. The molecule has 5 heteroatoms. The van der Waals surface area contributed by atoms with Crippen LogP contribution < -0.4 is 4.90 Å². The van der Waals surface area contributed by atoms with E-state index in [0.717, 1.165) is 24.0 Å². The van der Waals surface area contributed by atoms with Crippen LogP contribution in [0, 0.1) is 5.92 Å². The fourth-order valence-electron chi connectivity index (χ4n) is 2.13. The van der Waals surface area contributed by atoms with E-state index in [1.807, 2.05) is 12.1 Å². The SMILES string of the molecule is COCCN(c1ccc(CCl)nn1)C(C)C1CC1. The number of hydrogen-bond acceptors (Lipinski definition) is 4. The van der Waals surface area contributed by atoms with Crippen molar-refractivity contribution in [2.75, 3.05) is 25.2 Å². The lowest BCUT2D eigenvalue weighted by atomic mass is 10.2. The average molecular weight is 270 g/mol. The van der Waals surface area contributed by atoms with Gasteiger partial charge in [0.2, 0.25) is 0 Å². The van der Waals surface area contributed by atoms with E-state index >= 15 is 0 Å². The van der Waals surface area contributed by atoms with Crippen LogP contribution in [0.1, 0.15) is 25.5 Å². The van der Waals surface area contributed by atoms with Crippen molar-refractivity contribution < 1.29 is 4.74 Å². The van der Waals surface area contributed by atoms with Crippen LogP contribution in [0.15, 0.2) is 12.1 Å². The Labute approximate surface area is 113 Å². The normalized spacial score (nSPS) is 16.6. The van der Waals surface area contributed by atoms with Gasteiger partial charge in [0.05, 0.1) is 18.2 Å². The maximum Gasteiger partial charge on any atom is 0.151 e. The Hall–Kier alpha value is -0.870. The highest BCUT2D eigenvalue weighted by molar-refractivity contribution is 6.16. The summed E-state index contributed by atoms with van der Waals surface area (Å²) in [5, 5.41) is 8.39. The lowest BCUT2D eigenvalue weighted by Gasteiger charge is -2.29. The molecule has 1 saturated carbocycles. The number of aromatic nitrogens is 2. The Balaban J connectivity index is 2.09. The Bertz CT molecular complexity index is 367. The van der Waals surface area contributed by atoms with Gasteiger partial charge in [0.25, 0.3) is 0 Å². The minimum Gasteiger partial charge on any atom is -0.383 e. The zero-order chi connectivity index (χ0) is 13.0. The molecular weight excluding hydrogens is 250 g/mol. The first kappa shape index (κ1) is 13.6. The third-order valence-corrected chi connectivity index (χ3v) is 3.74. The number of rotatable bonds is 7. The summed E-state index contributed by atoms with van der Waals surface area (Å²) < 4.78 is 5.18. The minimum atomic E-state index is 0.406. The maximum absolute atomic E-state index is 5.73. The fourth-order valence-corrected chi connectivity index (χ4v) is 2.27. The molecule has 1 unspecified atom stereocenters. The van der Waals surface area contributed by atoms with E-state index in [1.54, 1.807) is 7.11 Å². The van der Waals surface area contributed by atoms with Gasteiger partial charge in [0.15, 0.2) is 5.82 Å². The van der Waals surface area contributed by atoms with Crippen molar-refractivity contribution >= 4 is 17.4 Å². The lowest BCUT2D eigenvalue weighted by Crippen LogP contribution is -2.38. The molecule has 100 valence electrons. The van der Waals surface area contributed by atoms with Gasteiger partial charge in [0.1, 0.15) is 0 Å². The molecule has 1 atom stereocenters. The van der Waals surface area contributed by atoms with Crippen LogP contribution in [0.4, 0.5) is 5.82 Å². The second-order valence-corrected chi connectivity index (χ2v) is 5.05. The van der Waals surface area contributed by atoms with Crippen LogP contribution in [-0.2, 0) is 10.6 Å². The number of alkyl halides is 1. The second kappa shape index (κ2) is 6.34. The van der Waals surface area contributed by atoms with E-state index in [1.165, 1.54) is 12.8 Å². The first-order valence-corrected chi connectivity index (χ1v) is 6.94. The molecule has 18 heavy (non-hydrogen) atoms. The molecule has 1 aliphatic rings. The summed E-state index contributed by atoms with van der Waals surface area (Å²) in [5.74, 6) is 2.11. The van der Waals surface area contributed by atoms with E-state index in [-0.39, 0.29) is 0 Å². The zero-order valence-electron chi connectivity index (χ0n) is 11.0. The Morgan fingerprint density at radius 3 is 2.72 bits per heavy atom. The largest absolute Gasteiger partial charge is 0.383 e. The molecule has 0 amide bonds. The zero-order valence-corrected chi connectivity index (χ0v) is 11.7. The van der Waals surface area contributed by atoms with E-state index in [0.29, 0.717) is 18.5 Å². The van der Waals surface area contributed by atoms with Crippen molar-refractivity contribution in [3.8, 4) is 0 Å². The Kier molecular flexibility index (Phi) is 4.78. The van der Waals surface area contributed by atoms with Crippen molar-refractivity contribution in [2.45, 2.75) is 31.7 Å². The topological polar surface area (TPSA) is 38.2 Å². The van der Waals surface area contributed by atoms with Gasteiger partial charge in [0, 0.05) is 19.7 Å². The predicted octanol–water partition coefficient (Wildman–Crippen LogP) is 2.47. The molecule has 0 aromatic carbocycles. The van der Waals surface area contributed by atoms with Crippen LogP contribution in [0.2, 0.25) is 0 Å². The quantitative estimate of drug-likeness (QED) is 0.713. The number of methoxy groups -OCH3 is 1. The van der Waals surface area contributed by atoms with Crippen molar-refractivity contribution in [3.63, 3.8) is 0 Å². The molecule has 2 rings (SSSR count). The standard InChI is InChI=1S/C13H20ClN3O/c1-10(11-3-4-11)17(7-8-18-2)13-6-5-12(9-14)15-16-13/h5-6,10-11H,3-4,7-9H2,1-2H3. The van der Waals surface area contributed by atoms with Gasteiger partial charge in [-0.2, -0.15) is 5.10 Å². The van der Waals surface area contributed by atoms with E-state index < -0.39 is 0 Å². The number of nitrogens with zero attached hydrogens (tertiary/aromatic N) is 3. The van der Waals surface area contributed by atoms with Crippen LogP contribution in [0.5, 0.6) is 0 Å². The molecule has 0 bridgehead atoms. The molecule has 1 fully saturated rings. The molecule has 0 radical (unpaired) electrons. The number of anilines is 1. The molecule has 4 nitrogen and oxygen atoms in total. The summed E-state index contributed by atoms with van der Waals surface area (Å²) in [6.45, 7) is 3.81. The molecule has 0 saturated heterocycles. The first-order valence-electron chi connectivity index (χ1n) is 6.40. The monoisotopic (exact) mass is 269 g/mol. The summed E-state index contributed by atoms with van der Waals surface area (Å²) in [7, 11) is 1.72. The molecular formula is C13H20ClN3O. The van der Waals surface area contributed by atoms with E-state index in [4.69, 9.17) is 16.3 Å². The molecule has 0 aliphatic heterocycles. The smallest absolute Gasteiger partial charge is 0.151 e. The fraction of sp³-hybridized carbons (Fsp3) is 0.692. The second-order valence-electron chi connectivity index (χ2n) is 4.78. The van der Waals surface area contributed by atoms with Gasteiger partial charge in [-0.05, 0) is 37.8 Å². The highest BCUT2D eigenvalue weighted by atomic mass is 35.5. The van der Waals surface area contributed by atoms with Crippen LogP contribution in [0.25, 0.3) is 0 Å². The van der Waals surface area contributed by atoms with Gasteiger partial charge in [-0.1, -0.05) is 0 Å². The predicted molar refractivity (Wildman–Crippen MR) is 73.0 cm³/mol. The number of halogens is 1. The summed E-state index contributed by atoms with van der Waals surface area (Å²) in [5.41, 5.74) is 0.811. The van der Waals surface area contributed by atoms with Gasteiger partial charge in [-0.25, -0.2) is 0 Å².